The van der Waals surface area contributed by atoms with Gasteiger partial charge in [-0.3, -0.25) is 9.78 Å². The highest BCUT2D eigenvalue weighted by Gasteiger charge is 2.43. The quantitative estimate of drug-likeness (QED) is 0.853. The van der Waals surface area contributed by atoms with Gasteiger partial charge in [0.1, 0.15) is 5.54 Å². The number of thioether (sulfide) groups is 1. The molecule has 0 aliphatic carbocycles. The molecule has 1 fully saturated rings. The molecular weight excluding hydrogens is 259 g/mol. The van der Waals surface area contributed by atoms with Crippen molar-refractivity contribution >= 4 is 23.6 Å². The van der Waals surface area contributed by atoms with Crippen molar-refractivity contribution < 1.29 is 19.1 Å². The molecule has 2 N–H and O–H groups in total. The van der Waals surface area contributed by atoms with E-state index >= 15 is 0 Å². The molecule has 5 nitrogen and oxygen atoms in total. The van der Waals surface area contributed by atoms with E-state index in [4.69, 9.17) is 0 Å². The van der Waals surface area contributed by atoms with Crippen LogP contribution in [0.2, 0.25) is 0 Å². The van der Waals surface area contributed by atoms with Crippen LogP contribution in [0.25, 0.3) is 0 Å². The average Bonchev–Trinajstić information content (AvgIpc) is 2.79. The maximum Gasteiger partial charge on any atom is 0.330 e. The fraction of sp³-hybridized carbons (Fsp3) is 0.364. The number of nitrogens with one attached hydrogen (secondary N) is 1. The summed E-state index contributed by atoms with van der Waals surface area (Å²) < 4.78 is 13.4. The Kier molecular flexibility index (Phi) is 3.51. The molecule has 1 aliphatic rings. The summed E-state index contributed by atoms with van der Waals surface area (Å²) in [4.78, 5) is 26.7. The molecule has 1 amide bonds. The van der Waals surface area contributed by atoms with Crippen LogP contribution < -0.4 is 5.32 Å². The van der Waals surface area contributed by atoms with Crippen molar-refractivity contribution in [2.45, 2.75) is 12.0 Å². The van der Waals surface area contributed by atoms with E-state index in [2.05, 4.69) is 10.3 Å². The highest BCUT2D eigenvalue weighted by Crippen LogP contribution is 2.28. The van der Waals surface area contributed by atoms with Crippen LogP contribution in [0.4, 0.5) is 4.39 Å². The zero-order valence-electron chi connectivity index (χ0n) is 9.35. The maximum absolute atomic E-state index is 13.4. The van der Waals surface area contributed by atoms with Crippen LogP contribution >= 0.6 is 11.8 Å². The predicted octanol–water partition coefficient (Wildman–Crippen LogP) is 0.911. The first-order chi connectivity index (χ1) is 8.55. The van der Waals surface area contributed by atoms with Crippen molar-refractivity contribution in [3.8, 4) is 0 Å². The number of aromatic nitrogens is 1. The van der Waals surface area contributed by atoms with Crippen molar-refractivity contribution in [1.82, 2.24) is 10.3 Å². The number of carbonyl (C=O) groups is 2. The van der Waals surface area contributed by atoms with E-state index in [1.54, 1.807) is 0 Å². The molecule has 1 aliphatic heterocycles. The molecule has 0 spiro atoms. The van der Waals surface area contributed by atoms with Crippen LogP contribution in [0.15, 0.2) is 18.5 Å². The Labute approximate surface area is 107 Å². The molecule has 1 unspecified atom stereocenters. The van der Waals surface area contributed by atoms with Crippen LogP contribution in [0, 0.1) is 5.82 Å². The SMILES string of the molecule is O=C(NC1(C(=O)O)CCSC1)c1ccncc1F. The second-order valence-electron chi connectivity index (χ2n) is 4.00. The third-order valence-electron chi connectivity index (χ3n) is 2.80. The Balaban J connectivity index is 2.21. The van der Waals surface area contributed by atoms with Gasteiger partial charge < -0.3 is 10.4 Å². The van der Waals surface area contributed by atoms with E-state index < -0.39 is 23.2 Å². The molecule has 2 rings (SSSR count). The number of amides is 1. The van der Waals surface area contributed by atoms with Crippen molar-refractivity contribution in [1.29, 1.82) is 0 Å². The number of nitrogens with zero attached hydrogens (tertiary/aromatic N) is 1. The number of hydrogen-bond donors (Lipinski definition) is 2. The van der Waals surface area contributed by atoms with E-state index in [9.17, 15) is 19.1 Å². The van der Waals surface area contributed by atoms with Crippen LogP contribution in [0.3, 0.4) is 0 Å². The Bertz CT molecular complexity index is 489. The summed E-state index contributed by atoms with van der Waals surface area (Å²) in [5.74, 6) is -1.62. The largest absolute Gasteiger partial charge is 0.479 e. The summed E-state index contributed by atoms with van der Waals surface area (Å²) in [6, 6.07) is 1.22. The molecule has 18 heavy (non-hydrogen) atoms. The molecular formula is C11H11FN2O3S. The van der Waals surface area contributed by atoms with Gasteiger partial charge in [0.2, 0.25) is 0 Å². The standard InChI is InChI=1S/C11H11FN2O3S/c12-8-5-13-3-1-7(8)9(15)14-11(10(16)17)2-4-18-6-11/h1,3,5H,2,4,6H2,(H,14,15)(H,16,17). The first kappa shape index (κ1) is 12.8. The van der Waals surface area contributed by atoms with Crippen LogP contribution in [0.5, 0.6) is 0 Å². The average molecular weight is 270 g/mol. The molecule has 1 atom stereocenters. The Morgan fingerprint density at radius 3 is 2.89 bits per heavy atom. The molecule has 0 bridgehead atoms. The zero-order chi connectivity index (χ0) is 13.2. The van der Waals surface area contributed by atoms with Gasteiger partial charge in [-0.25, -0.2) is 9.18 Å². The molecule has 0 radical (unpaired) electrons. The summed E-state index contributed by atoms with van der Waals surface area (Å²) in [7, 11) is 0. The lowest BCUT2D eigenvalue weighted by Gasteiger charge is -2.24. The summed E-state index contributed by atoms with van der Waals surface area (Å²) in [6.07, 6.45) is 2.55. The van der Waals surface area contributed by atoms with E-state index in [0.29, 0.717) is 17.9 Å². The number of aliphatic carboxylic acids is 1. The first-order valence-corrected chi connectivity index (χ1v) is 6.44. The molecule has 0 saturated carbocycles. The molecule has 1 aromatic rings. The van der Waals surface area contributed by atoms with Crippen molar-refractivity contribution in [3.63, 3.8) is 0 Å². The second-order valence-corrected chi connectivity index (χ2v) is 5.10. The van der Waals surface area contributed by atoms with Crippen molar-refractivity contribution in [3.05, 3.63) is 29.8 Å². The fourth-order valence-electron chi connectivity index (χ4n) is 1.73. The Morgan fingerprint density at radius 1 is 1.56 bits per heavy atom. The topological polar surface area (TPSA) is 79.3 Å². The van der Waals surface area contributed by atoms with Gasteiger partial charge in [0.15, 0.2) is 5.82 Å². The number of rotatable bonds is 3. The number of carboxylic acid groups (broad SMARTS) is 1. The molecule has 1 saturated heterocycles. The van der Waals surface area contributed by atoms with Gasteiger partial charge >= 0.3 is 5.97 Å². The highest BCUT2D eigenvalue weighted by molar-refractivity contribution is 7.99. The van der Waals surface area contributed by atoms with E-state index in [1.807, 2.05) is 0 Å². The zero-order valence-corrected chi connectivity index (χ0v) is 10.2. The molecule has 7 heteroatoms. The second kappa shape index (κ2) is 4.93. The molecule has 0 aromatic carbocycles. The minimum Gasteiger partial charge on any atom is -0.479 e. The van der Waals surface area contributed by atoms with Crippen molar-refractivity contribution in [2.24, 2.45) is 0 Å². The third kappa shape index (κ3) is 2.31. The lowest BCUT2D eigenvalue weighted by atomic mass is 9.98. The van der Waals surface area contributed by atoms with Gasteiger partial charge in [0.05, 0.1) is 11.8 Å². The number of carbonyl (C=O) groups excluding carboxylic acids is 1. The summed E-state index contributed by atoms with van der Waals surface area (Å²) in [6.45, 7) is 0. The van der Waals surface area contributed by atoms with Crippen molar-refractivity contribution in [2.75, 3.05) is 11.5 Å². The summed E-state index contributed by atoms with van der Waals surface area (Å²) >= 11 is 1.45. The smallest absolute Gasteiger partial charge is 0.330 e. The lowest BCUT2D eigenvalue weighted by Crippen LogP contribution is -2.54. The van der Waals surface area contributed by atoms with E-state index in [1.165, 1.54) is 24.0 Å². The van der Waals surface area contributed by atoms with Gasteiger partial charge in [0, 0.05) is 11.9 Å². The minimum absolute atomic E-state index is 0.192. The van der Waals surface area contributed by atoms with Gasteiger partial charge in [-0.1, -0.05) is 0 Å². The van der Waals surface area contributed by atoms with E-state index in [0.717, 1.165) is 6.20 Å². The minimum atomic E-state index is -1.29. The summed E-state index contributed by atoms with van der Waals surface area (Å²) in [5, 5.41) is 11.6. The van der Waals surface area contributed by atoms with Crippen LogP contribution in [-0.2, 0) is 4.79 Å². The van der Waals surface area contributed by atoms with Crippen LogP contribution in [0.1, 0.15) is 16.8 Å². The van der Waals surface area contributed by atoms with Gasteiger partial charge in [0.25, 0.3) is 5.91 Å². The molecule has 1 aromatic heterocycles. The molecule has 96 valence electrons. The highest BCUT2D eigenvalue weighted by atomic mass is 32.2. The lowest BCUT2D eigenvalue weighted by molar-refractivity contribution is -0.143. The normalized spacial score (nSPS) is 22.7. The van der Waals surface area contributed by atoms with Gasteiger partial charge in [-0.05, 0) is 18.2 Å². The number of pyridine rings is 1. The molecule has 2 heterocycles. The first-order valence-electron chi connectivity index (χ1n) is 5.28. The van der Waals surface area contributed by atoms with Gasteiger partial charge in [-0.2, -0.15) is 11.8 Å². The third-order valence-corrected chi connectivity index (χ3v) is 3.99. The number of halogens is 1. The number of hydrogen-bond acceptors (Lipinski definition) is 4. The number of carboxylic acids is 1. The van der Waals surface area contributed by atoms with Crippen LogP contribution in [-0.4, -0.2) is 39.0 Å². The maximum atomic E-state index is 13.4. The summed E-state index contributed by atoms with van der Waals surface area (Å²) in [5.41, 5.74) is -1.49. The monoisotopic (exact) mass is 270 g/mol. The van der Waals surface area contributed by atoms with Gasteiger partial charge in [-0.15, -0.1) is 0 Å². The fourth-order valence-corrected chi connectivity index (χ4v) is 3.06. The Morgan fingerprint density at radius 2 is 2.33 bits per heavy atom. The van der Waals surface area contributed by atoms with E-state index in [-0.39, 0.29) is 5.56 Å². The Hall–Kier alpha value is -1.63. The predicted molar refractivity (Wildman–Crippen MR) is 64.0 cm³/mol.